The standard InChI is InChI=1S/C3H5.Ti/c1-3-2;/h3H,1-2H2;. The van der Waals surface area contributed by atoms with Gasteiger partial charge >= 0.3 is 0 Å². The molecule has 0 aromatic rings. The third-order valence-electron chi connectivity index (χ3n) is 0. The average Bonchev–Trinajstić information content (AvgIpc) is 0.918. The number of allylic oxidation sites excluding steroid dienone is 1. The van der Waals surface area contributed by atoms with Crippen LogP contribution in [0.1, 0.15) is 0 Å². The summed E-state index contributed by atoms with van der Waals surface area (Å²) in [6.07, 6.45) is 1.50. The molecule has 0 aliphatic rings. The Kier molecular flexibility index (Phi) is 21.7. The van der Waals surface area contributed by atoms with Gasteiger partial charge in [-0.05, 0) is 6.92 Å². The summed E-state index contributed by atoms with van der Waals surface area (Å²) in [7, 11) is 0. The predicted octanol–water partition coefficient (Wildman–Crippen LogP) is 1.00. The Hall–Kier alpha value is 0.454. The fraction of sp³-hybridized carbons (Fsp3) is 0. The van der Waals surface area contributed by atoms with E-state index < -0.39 is 0 Å². The maximum Gasteiger partial charge on any atom is 0 e. The van der Waals surface area contributed by atoms with Gasteiger partial charge in [-0.15, -0.1) is 6.58 Å². The molecule has 0 saturated carbocycles. The van der Waals surface area contributed by atoms with Crippen LogP contribution in [0.15, 0.2) is 12.7 Å². The summed E-state index contributed by atoms with van der Waals surface area (Å²) in [6, 6.07) is 0. The first kappa shape index (κ1) is 8.82. The first-order valence-corrected chi connectivity index (χ1v) is 0.816. The van der Waals surface area contributed by atoms with E-state index >= 15 is 0 Å². The van der Waals surface area contributed by atoms with E-state index in [1.54, 1.807) is 0 Å². The molecule has 0 unspecified atom stereocenters. The van der Waals surface area contributed by atoms with Crippen molar-refractivity contribution < 1.29 is 21.7 Å². The Balaban J connectivity index is 0. The first-order valence-electron chi connectivity index (χ1n) is 0.816. The second kappa shape index (κ2) is 9.84. The summed E-state index contributed by atoms with van der Waals surface area (Å²) >= 11 is 0. The van der Waals surface area contributed by atoms with E-state index in [2.05, 4.69) is 13.5 Å². The molecule has 1 radical (unpaired) electrons. The number of hydrogen-bond acceptors (Lipinski definition) is 0. The monoisotopic (exact) mass is 89.0 g/mol. The van der Waals surface area contributed by atoms with Crippen LogP contribution >= 0.6 is 0 Å². The van der Waals surface area contributed by atoms with Crippen LogP contribution in [0.2, 0.25) is 0 Å². The van der Waals surface area contributed by atoms with E-state index in [9.17, 15) is 0 Å². The fourth-order valence-electron chi connectivity index (χ4n) is 0. The zero-order valence-corrected chi connectivity index (χ0v) is 4.05. The van der Waals surface area contributed by atoms with Gasteiger partial charge in [0, 0.05) is 21.7 Å². The fourth-order valence-corrected chi connectivity index (χ4v) is 0. The van der Waals surface area contributed by atoms with Gasteiger partial charge < -0.3 is 0 Å². The first-order chi connectivity index (χ1) is 1.41. The summed E-state index contributed by atoms with van der Waals surface area (Å²) in [5, 5.41) is 0. The van der Waals surface area contributed by atoms with Crippen molar-refractivity contribution in [2.75, 3.05) is 0 Å². The van der Waals surface area contributed by atoms with E-state index in [1.165, 1.54) is 6.08 Å². The molecule has 0 spiro atoms. The molecule has 0 aromatic heterocycles. The molecule has 0 saturated heterocycles. The van der Waals surface area contributed by atoms with E-state index in [0.29, 0.717) is 0 Å². The van der Waals surface area contributed by atoms with Gasteiger partial charge in [-0.25, -0.2) is 0 Å². The predicted molar refractivity (Wildman–Crippen MR) is 15.6 cm³/mol. The van der Waals surface area contributed by atoms with Crippen LogP contribution in [0.3, 0.4) is 0 Å². The molecular weight excluding hydrogens is 83.9 g/mol. The molecule has 0 atom stereocenters. The molecule has 21 valence electrons. The summed E-state index contributed by atoms with van der Waals surface area (Å²) in [6.45, 7) is 6.50. The normalized spacial score (nSPS) is 3.25. The van der Waals surface area contributed by atoms with E-state index in [4.69, 9.17) is 0 Å². The summed E-state index contributed by atoms with van der Waals surface area (Å²) in [4.78, 5) is 0. The van der Waals surface area contributed by atoms with Crippen molar-refractivity contribution in [3.05, 3.63) is 19.6 Å². The van der Waals surface area contributed by atoms with Gasteiger partial charge in [-0.2, -0.15) is 0 Å². The minimum Gasteiger partial charge on any atom is -0.103 e. The van der Waals surface area contributed by atoms with E-state index in [0.717, 1.165) is 0 Å². The topological polar surface area (TPSA) is 0 Å². The third-order valence-corrected chi connectivity index (χ3v) is 0. The van der Waals surface area contributed by atoms with Crippen LogP contribution in [0.25, 0.3) is 0 Å². The molecule has 0 heterocycles. The molecule has 0 aromatic carbocycles. The van der Waals surface area contributed by atoms with Gasteiger partial charge in [0.05, 0.1) is 0 Å². The molecule has 1 heteroatoms. The molecule has 0 bridgehead atoms. The molecule has 0 aliphatic carbocycles. The molecule has 0 nitrogen and oxygen atoms in total. The molecule has 0 aliphatic heterocycles. The quantitative estimate of drug-likeness (QED) is 0.388. The van der Waals surface area contributed by atoms with Crippen LogP contribution in [0.5, 0.6) is 0 Å². The molecule has 0 rings (SSSR count). The van der Waals surface area contributed by atoms with Crippen LogP contribution in [0.4, 0.5) is 0 Å². The Morgan fingerprint density at radius 2 is 1.50 bits per heavy atom. The largest absolute Gasteiger partial charge is 0.103 e. The van der Waals surface area contributed by atoms with Crippen molar-refractivity contribution >= 4 is 0 Å². The third kappa shape index (κ3) is 25.2. The van der Waals surface area contributed by atoms with Gasteiger partial charge in [-0.1, -0.05) is 6.08 Å². The van der Waals surface area contributed by atoms with Gasteiger partial charge in [0.25, 0.3) is 0 Å². The van der Waals surface area contributed by atoms with Crippen molar-refractivity contribution in [3.8, 4) is 0 Å². The Morgan fingerprint density at radius 1 is 1.50 bits per heavy atom. The number of rotatable bonds is 0. The van der Waals surface area contributed by atoms with Crippen LogP contribution < -0.4 is 0 Å². The minimum atomic E-state index is 0. The minimum absolute atomic E-state index is 0. The Bertz CT molecular complexity index is 10.8. The SMILES string of the molecule is [CH2]C=C.[Ti]. The molecule has 0 amide bonds. The van der Waals surface area contributed by atoms with Crippen molar-refractivity contribution in [2.24, 2.45) is 0 Å². The van der Waals surface area contributed by atoms with Crippen molar-refractivity contribution in [1.29, 1.82) is 0 Å². The van der Waals surface area contributed by atoms with Gasteiger partial charge in [-0.3, -0.25) is 0 Å². The average molecular weight is 88.9 g/mol. The van der Waals surface area contributed by atoms with Crippen LogP contribution in [0, 0.1) is 6.92 Å². The Morgan fingerprint density at radius 3 is 1.50 bits per heavy atom. The zero-order chi connectivity index (χ0) is 2.71. The van der Waals surface area contributed by atoms with Crippen molar-refractivity contribution in [2.45, 2.75) is 0 Å². The second-order valence-corrected chi connectivity index (χ2v) is 0.289. The summed E-state index contributed by atoms with van der Waals surface area (Å²) < 4.78 is 0. The van der Waals surface area contributed by atoms with Gasteiger partial charge in [0.1, 0.15) is 0 Å². The Labute approximate surface area is 41.8 Å². The molecule has 0 N–H and O–H groups in total. The molecular formula is C3H5Ti. The smallest absolute Gasteiger partial charge is 0 e. The summed E-state index contributed by atoms with van der Waals surface area (Å²) in [5.41, 5.74) is 0. The van der Waals surface area contributed by atoms with Crippen LogP contribution in [-0.2, 0) is 21.7 Å². The zero-order valence-electron chi connectivity index (χ0n) is 2.49. The molecule has 0 fully saturated rings. The summed E-state index contributed by atoms with van der Waals surface area (Å²) in [5.74, 6) is 0. The number of hydrogen-bond donors (Lipinski definition) is 0. The van der Waals surface area contributed by atoms with E-state index in [-0.39, 0.29) is 21.7 Å². The van der Waals surface area contributed by atoms with Crippen molar-refractivity contribution in [3.63, 3.8) is 0 Å². The van der Waals surface area contributed by atoms with Crippen molar-refractivity contribution in [1.82, 2.24) is 0 Å². The maximum absolute atomic E-state index is 3.25. The van der Waals surface area contributed by atoms with E-state index in [1.807, 2.05) is 0 Å². The van der Waals surface area contributed by atoms with Gasteiger partial charge in [0.15, 0.2) is 0 Å². The second-order valence-electron chi connectivity index (χ2n) is 0.289. The van der Waals surface area contributed by atoms with Crippen LogP contribution in [-0.4, -0.2) is 0 Å². The molecule has 4 heavy (non-hydrogen) atoms. The van der Waals surface area contributed by atoms with Gasteiger partial charge in [0.2, 0.25) is 0 Å². The maximum atomic E-state index is 3.25.